The standard InChI is InChI=1S/C16H29N3O/c1-12-15(8-9-17-14-6-7-14)13(2)19(18-12)10-11-20-16(3,4)5/h14,17H,6-11H2,1-5H3. The number of aromatic nitrogens is 2. The van der Waals surface area contributed by atoms with Crippen LogP contribution in [0.2, 0.25) is 0 Å². The van der Waals surface area contributed by atoms with E-state index in [0.717, 1.165) is 31.2 Å². The molecule has 4 heteroatoms. The first kappa shape index (κ1) is 15.5. The van der Waals surface area contributed by atoms with Crippen molar-refractivity contribution >= 4 is 0 Å². The van der Waals surface area contributed by atoms with Gasteiger partial charge in [-0.2, -0.15) is 5.10 Å². The number of aryl methyl sites for hydroxylation is 1. The lowest BCUT2D eigenvalue weighted by Gasteiger charge is -2.19. The second-order valence-electron chi connectivity index (χ2n) is 6.81. The Morgan fingerprint density at radius 1 is 1.30 bits per heavy atom. The van der Waals surface area contributed by atoms with Gasteiger partial charge < -0.3 is 10.1 Å². The van der Waals surface area contributed by atoms with Crippen molar-refractivity contribution in [1.29, 1.82) is 0 Å². The van der Waals surface area contributed by atoms with Crippen LogP contribution in [0.15, 0.2) is 0 Å². The molecule has 0 unspecified atom stereocenters. The lowest BCUT2D eigenvalue weighted by molar-refractivity contribution is -0.00810. The smallest absolute Gasteiger partial charge is 0.0669 e. The predicted molar refractivity (Wildman–Crippen MR) is 82.1 cm³/mol. The number of hydrogen-bond donors (Lipinski definition) is 1. The van der Waals surface area contributed by atoms with E-state index in [2.05, 4.69) is 49.7 Å². The van der Waals surface area contributed by atoms with Crippen LogP contribution in [0.1, 0.15) is 50.6 Å². The Hall–Kier alpha value is -0.870. The van der Waals surface area contributed by atoms with E-state index in [9.17, 15) is 0 Å². The average Bonchev–Trinajstić information content (AvgIpc) is 3.10. The molecule has 0 amide bonds. The molecule has 2 rings (SSSR count). The summed E-state index contributed by atoms with van der Waals surface area (Å²) in [6, 6.07) is 0.783. The summed E-state index contributed by atoms with van der Waals surface area (Å²) < 4.78 is 7.88. The Morgan fingerprint density at radius 2 is 2.00 bits per heavy atom. The second kappa shape index (κ2) is 6.27. The summed E-state index contributed by atoms with van der Waals surface area (Å²) in [5.74, 6) is 0. The molecule has 4 nitrogen and oxygen atoms in total. The number of ether oxygens (including phenoxy) is 1. The zero-order valence-corrected chi connectivity index (χ0v) is 13.6. The maximum absolute atomic E-state index is 5.79. The SMILES string of the molecule is Cc1nn(CCOC(C)(C)C)c(C)c1CCNC1CC1. The number of nitrogens with zero attached hydrogens (tertiary/aromatic N) is 2. The molecule has 1 fully saturated rings. The van der Waals surface area contributed by atoms with Gasteiger partial charge in [0.2, 0.25) is 0 Å². The quantitative estimate of drug-likeness (QED) is 0.834. The molecule has 1 aromatic rings. The van der Waals surface area contributed by atoms with Crippen LogP contribution in [0.3, 0.4) is 0 Å². The molecule has 1 aromatic heterocycles. The van der Waals surface area contributed by atoms with E-state index in [4.69, 9.17) is 4.74 Å². The molecule has 1 aliphatic carbocycles. The summed E-state index contributed by atoms with van der Waals surface area (Å²) >= 11 is 0. The van der Waals surface area contributed by atoms with Gasteiger partial charge in [0, 0.05) is 11.7 Å². The van der Waals surface area contributed by atoms with Crippen molar-refractivity contribution in [2.45, 2.75) is 72.1 Å². The van der Waals surface area contributed by atoms with Crippen LogP contribution in [0.4, 0.5) is 0 Å². The minimum Gasteiger partial charge on any atom is -0.374 e. The van der Waals surface area contributed by atoms with Crippen LogP contribution in [-0.4, -0.2) is 34.6 Å². The van der Waals surface area contributed by atoms with E-state index in [1.54, 1.807) is 0 Å². The molecule has 0 aliphatic heterocycles. The van der Waals surface area contributed by atoms with Gasteiger partial charge in [0.05, 0.1) is 24.4 Å². The Balaban J connectivity index is 1.86. The summed E-state index contributed by atoms with van der Waals surface area (Å²) in [6.45, 7) is 13.2. The van der Waals surface area contributed by atoms with Crippen molar-refractivity contribution in [2.24, 2.45) is 0 Å². The third kappa shape index (κ3) is 4.60. The molecule has 20 heavy (non-hydrogen) atoms. The van der Waals surface area contributed by atoms with E-state index in [-0.39, 0.29) is 5.60 Å². The first-order valence-electron chi connectivity index (χ1n) is 7.77. The lowest BCUT2D eigenvalue weighted by atomic mass is 10.1. The highest BCUT2D eigenvalue weighted by atomic mass is 16.5. The highest BCUT2D eigenvalue weighted by Crippen LogP contribution is 2.19. The summed E-state index contributed by atoms with van der Waals surface area (Å²) in [6.07, 6.45) is 3.77. The molecule has 1 N–H and O–H groups in total. The van der Waals surface area contributed by atoms with Gasteiger partial charge in [0.15, 0.2) is 0 Å². The van der Waals surface area contributed by atoms with Gasteiger partial charge >= 0.3 is 0 Å². The molecule has 1 saturated carbocycles. The minimum atomic E-state index is -0.0763. The summed E-state index contributed by atoms with van der Waals surface area (Å²) in [4.78, 5) is 0. The van der Waals surface area contributed by atoms with Gasteiger partial charge in [-0.25, -0.2) is 0 Å². The predicted octanol–water partition coefficient (Wildman–Crippen LogP) is 2.61. The zero-order valence-electron chi connectivity index (χ0n) is 13.6. The molecular formula is C16H29N3O. The van der Waals surface area contributed by atoms with E-state index in [1.807, 2.05) is 0 Å². The normalized spacial score (nSPS) is 15.8. The van der Waals surface area contributed by atoms with Crippen molar-refractivity contribution in [3.05, 3.63) is 17.0 Å². The van der Waals surface area contributed by atoms with Crippen molar-refractivity contribution in [3.63, 3.8) is 0 Å². The largest absolute Gasteiger partial charge is 0.374 e. The number of rotatable bonds is 7. The topological polar surface area (TPSA) is 39.1 Å². The Kier molecular flexibility index (Phi) is 4.86. The number of hydrogen-bond acceptors (Lipinski definition) is 3. The second-order valence-corrected chi connectivity index (χ2v) is 6.81. The number of nitrogens with one attached hydrogen (secondary N) is 1. The highest BCUT2D eigenvalue weighted by molar-refractivity contribution is 5.24. The molecule has 1 heterocycles. The summed E-state index contributed by atoms with van der Waals surface area (Å²) in [7, 11) is 0. The van der Waals surface area contributed by atoms with Crippen LogP contribution in [0, 0.1) is 13.8 Å². The fourth-order valence-electron chi connectivity index (χ4n) is 2.44. The summed E-state index contributed by atoms with van der Waals surface area (Å²) in [5.41, 5.74) is 3.77. The van der Waals surface area contributed by atoms with Crippen LogP contribution >= 0.6 is 0 Å². The molecular weight excluding hydrogens is 250 g/mol. The average molecular weight is 279 g/mol. The van der Waals surface area contributed by atoms with E-state index in [0.29, 0.717) is 6.61 Å². The Bertz CT molecular complexity index is 441. The summed E-state index contributed by atoms with van der Waals surface area (Å²) in [5, 5.41) is 8.22. The molecule has 0 radical (unpaired) electrons. The van der Waals surface area contributed by atoms with Gasteiger partial charge in [-0.15, -0.1) is 0 Å². The monoisotopic (exact) mass is 279 g/mol. The third-order valence-corrected chi connectivity index (χ3v) is 3.75. The fourth-order valence-corrected chi connectivity index (χ4v) is 2.44. The van der Waals surface area contributed by atoms with Crippen molar-refractivity contribution < 1.29 is 4.74 Å². The molecule has 1 aliphatic rings. The maximum Gasteiger partial charge on any atom is 0.0669 e. The van der Waals surface area contributed by atoms with Gasteiger partial charge in [0.1, 0.15) is 0 Å². The van der Waals surface area contributed by atoms with Crippen LogP contribution in [0.25, 0.3) is 0 Å². The minimum absolute atomic E-state index is 0.0763. The molecule has 0 atom stereocenters. The molecule has 0 bridgehead atoms. The zero-order chi connectivity index (χ0) is 14.8. The highest BCUT2D eigenvalue weighted by Gasteiger charge is 2.20. The first-order valence-corrected chi connectivity index (χ1v) is 7.77. The van der Waals surface area contributed by atoms with E-state index in [1.165, 1.54) is 24.1 Å². The molecule has 0 saturated heterocycles. The van der Waals surface area contributed by atoms with Gasteiger partial charge in [0.25, 0.3) is 0 Å². The van der Waals surface area contributed by atoms with Crippen molar-refractivity contribution in [3.8, 4) is 0 Å². The van der Waals surface area contributed by atoms with E-state index < -0.39 is 0 Å². The van der Waals surface area contributed by atoms with Crippen molar-refractivity contribution in [1.82, 2.24) is 15.1 Å². The van der Waals surface area contributed by atoms with Gasteiger partial charge in [-0.1, -0.05) is 0 Å². The molecule has 0 spiro atoms. The van der Waals surface area contributed by atoms with Crippen LogP contribution < -0.4 is 5.32 Å². The van der Waals surface area contributed by atoms with Crippen molar-refractivity contribution in [2.75, 3.05) is 13.2 Å². The first-order chi connectivity index (χ1) is 9.37. The van der Waals surface area contributed by atoms with Crippen LogP contribution in [-0.2, 0) is 17.7 Å². The Labute approximate surface area is 122 Å². The fraction of sp³-hybridized carbons (Fsp3) is 0.812. The molecule has 114 valence electrons. The lowest BCUT2D eigenvalue weighted by Crippen LogP contribution is -2.22. The molecule has 0 aromatic carbocycles. The van der Waals surface area contributed by atoms with Gasteiger partial charge in [-0.3, -0.25) is 4.68 Å². The van der Waals surface area contributed by atoms with E-state index >= 15 is 0 Å². The maximum atomic E-state index is 5.79. The van der Waals surface area contributed by atoms with Crippen LogP contribution in [0.5, 0.6) is 0 Å². The third-order valence-electron chi connectivity index (χ3n) is 3.75. The Morgan fingerprint density at radius 3 is 2.60 bits per heavy atom. The van der Waals surface area contributed by atoms with Gasteiger partial charge in [-0.05, 0) is 66.0 Å².